The first-order valence-corrected chi connectivity index (χ1v) is 12.0. The Morgan fingerprint density at radius 1 is 1.00 bits per heavy atom. The summed E-state index contributed by atoms with van der Waals surface area (Å²) in [6.45, 7) is -0.117. The first kappa shape index (κ1) is 24.6. The van der Waals surface area contributed by atoms with Gasteiger partial charge in [0.1, 0.15) is 16.5 Å². The van der Waals surface area contributed by atoms with E-state index in [0.29, 0.717) is 37.4 Å². The van der Waals surface area contributed by atoms with Gasteiger partial charge in [-0.2, -0.15) is 0 Å². The number of nitrogens with two attached hydrogens (primary N) is 1. The van der Waals surface area contributed by atoms with E-state index in [-0.39, 0.29) is 12.6 Å². The molecule has 3 N–H and O–H groups in total. The van der Waals surface area contributed by atoms with Crippen molar-refractivity contribution in [2.24, 2.45) is 11.7 Å². The second-order valence-electron chi connectivity index (χ2n) is 7.87. The lowest BCUT2D eigenvalue weighted by molar-refractivity contribution is 0.242. The second-order valence-corrected chi connectivity index (χ2v) is 9.52. The highest BCUT2D eigenvalue weighted by atomic mass is 32.2. The Kier molecular flexibility index (Phi) is 7.03. The third-order valence-corrected chi connectivity index (χ3v) is 6.84. The molecule has 0 spiro atoms. The fourth-order valence-corrected chi connectivity index (χ4v) is 4.78. The third kappa shape index (κ3) is 5.60. The van der Waals surface area contributed by atoms with E-state index in [1.54, 1.807) is 12.1 Å². The van der Waals surface area contributed by atoms with Crippen LogP contribution in [0.25, 0.3) is 5.57 Å². The predicted molar refractivity (Wildman–Crippen MR) is 120 cm³/mol. The summed E-state index contributed by atoms with van der Waals surface area (Å²) in [5.41, 5.74) is 7.78. The van der Waals surface area contributed by atoms with E-state index in [1.807, 2.05) is 10.8 Å². The van der Waals surface area contributed by atoms with E-state index in [0.717, 1.165) is 11.1 Å². The van der Waals surface area contributed by atoms with E-state index in [4.69, 9.17) is 10.5 Å². The van der Waals surface area contributed by atoms with E-state index in [1.165, 1.54) is 12.1 Å². The molecule has 7 nitrogen and oxygen atoms in total. The summed E-state index contributed by atoms with van der Waals surface area (Å²) in [4.78, 5) is 5.85. The normalized spacial score (nSPS) is 18.1. The van der Waals surface area contributed by atoms with Crippen molar-refractivity contribution in [1.82, 2.24) is 9.97 Å². The first-order chi connectivity index (χ1) is 16.6. The van der Waals surface area contributed by atoms with Gasteiger partial charge in [-0.15, -0.1) is 0 Å². The minimum atomic E-state index is -4.62. The number of ether oxygens (including phenoxy) is 1. The molecule has 1 aliphatic rings. The van der Waals surface area contributed by atoms with Gasteiger partial charge < -0.3 is 10.5 Å². The van der Waals surface area contributed by atoms with Crippen LogP contribution in [0, 0.1) is 29.2 Å². The highest BCUT2D eigenvalue weighted by Gasteiger charge is 2.28. The van der Waals surface area contributed by atoms with Crippen molar-refractivity contribution in [3.8, 4) is 5.75 Å². The molecule has 1 aliphatic carbocycles. The van der Waals surface area contributed by atoms with Gasteiger partial charge in [-0.25, -0.2) is 40.7 Å². The van der Waals surface area contributed by atoms with Crippen molar-refractivity contribution in [2.45, 2.75) is 23.8 Å². The van der Waals surface area contributed by atoms with Crippen LogP contribution in [0.1, 0.15) is 18.4 Å². The van der Waals surface area contributed by atoms with Gasteiger partial charge in [0, 0.05) is 24.1 Å². The minimum Gasteiger partial charge on any atom is -0.490 e. The van der Waals surface area contributed by atoms with Gasteiger partial charge in [0.2, 0.25) is 5.95 Å². The summed E-state index contributed by atoms with van der Waals surface area (Å²) in [5, 5.41) is 0. The Bertz CT molecular complexity index is 1350. The molecule has 2 unspecified atom stereocenters. The summed E-state index contributed by atoms with van der Waals surface area (Å²) in [6, 6.07) is 6.57. The molecule has 12 heteroatoms. The minimum absolute atomic E-state index is 0.117. The molecule has 1 heterocycles. The van der Waals surface area contributed by atoms with Gasteiger partial charge in [-0.1, -0.05) is 18.2 Å². The monoisotopic (exact) mass is 508 g/mol. The van der Waals surface area contributed by atoms with Crippen molar-refractivity contribution in [2.75, 3.05) is 11.3 Å². The van der Waals surface area contributed by atoms with Crippen LogP contribution in [0.5, 0.6) is 5.75 Å². The zero-order chi connectivity index (χ0) is 25.2. The van der Waals surface area contributed by atoms with Gasteiger partial charge >= 0.3 is 0 Å². The Morgan fingerprint density at radius 2 is 1.69 bits per heavy atom. The number of nitrogens with one attached hydrogen (secondary N) is 1. The smallest absolute Gasteiger partial charge is 0.267 e. The van der Waals surface area contributed by atoms with Crippen LogP contribution in [-0.2, 0) is 10.0 Å². The topological polar surface area (TPSA) is 107 Å². The number of aromatic nitrogens is 2. The van der Waals surface area contributed by atoms with E-state index < -0.39 is 55.8 Å². The molecule has 2 atom stereocenters. The molecular weight excluding hydrogens is 488 g/mol. The number of halogens is 4. The van der Waals surface area contributed by atoms with Crippen LogP contribution < -0.4 is 15.2 Å². The van der Waals surface area contributed by atoms with Crippen LogP contribution in [0.15, 0.2) is 59.8 Å². The number of allylic oxidation sites excluding steroid dienone is 1. The summed E-state index contributed by atoms with van der Waals surface area (Å²) < 4.78 is 87.9. The molecule has 0 saturated carbocycles. The molecule has 0 amide bonds. The van der Waals surface area contributed by atoms with Gasteiger partial charge in [0.25, 0.3) is 10.0 Å². The van der Waals surface area contributed by atoms with Crippen LogP contribution in [0.3, 0.4) is 0 Å². The molecule has 35 heavy (non-hydrogen) atoms. The number of hydrogen-bond donors (Lipinski definition) is 2. The zero-order valence-electron chi connectivity index (χ0n) is 18.1. The van der Waals surface area contributed by atoms with Crippen molar-refractivity contribution < 1.29 is 30.7 Å². The van der Waals surface area contributed by atoms with Crippen molar-refractivity contribution in [3.05, 3.63) is 83.7 Å². The van der Waals surface area contributed by atoms with Crippen LogP contribution in [0.4, 0.5) is 23.5 Å². The molecule has 1 aromatic heterocycles. The summed E-state index contributed by atoms with van der Waals surface area (Å²) in [6.07, 6.45) is 4.71. The largest absolute Gasteiger partial charge is 0.490 e. The second kappa shape index (κ2) is 10.0. The highest BCUT2D eigenvalue weighted by Crippen LogP contribution is 2.34. The van der Waals surface area contributed by atoms with Crippen LogP contribution in [-0.4, -0.2) is 31.0 Å². The van der Waals surface area contributed by atoms with E-state index >= 15 is 0 Å². The van der Waals surface area contributed by atoms with E-state index in [9.17, 15) is 26.0 Å². The first-order valence-electron chi connectivity index (χ1n) is 10.5. The summed E-state index contributed by atoms with van der Waals surface area (Å²) >= 11 is 0. The molecule has 184 valence electrons. The molecule has 2 aromatic carbocycles. The molecule has 0 radical (unpaired) electrons. The predicted octanol–water partition coefficient (Wildman–Crippen LogP) is 4.03. The lowest BCUT2D eigenvalue weighted by atomic mass is 9.81. The standard InChI is InChI=1S/C23H20F4N4O3S/c24-14-6-4-13(5-7-14)16-2-1-3-20(28)17(16)12-34-21-8-19(27)22(9-18(21)26)35(32,33)31-23-29-10-15(25)11-30-23/h2,4-11,17,20H,1,3,12,28H2,(H,29,30,31). The van der Waals surface area contributed by atoms with Crippen molar-refractivity contribution in [1.29, 1.82) is 0 Å². The lowest BCUT2D eigenvalue weighted by Gasteiger charge is -2.30. The maximum Gasteiger partial charge on any atom is 0.267 e. The van der Waals surface area contributed by atoms with E-state index in [2.05, 4.69) is 9.97 Å². The lowest BCUT2D eigenvalue weighted by Crippen LogP contribution is -2.37. The van der Waals surface area contributed by atoms with Gasteiger partial charge in [0.15, 0.2) is 17.4 Å². The van der Waals surface area contributed by atoms with Crippen molar-refractivity contribution >= 4 is 21.5 Å². The molecule has 0 bridgehead atoms. The Morgan fingerprint density at radius 3 is 2.37 bits per heavy atom. The molecular formula is C23H20F4N4O3S. The number of nitrogens with zero attached hydrogens (tertiary/aromatic N) is 2. The quantitative estimate of drug-likeness (QED) is 0.467. The van der Waals surface area contributed by atoms with Gasteiger partial charge in [0.05, 0.1) is 19.0 Å². The number of hydrogen-bond acceptors (Lipinski definition) is 6. The van der Waals surface area contributed by atoms with Gasteiger partial charge in [-0.3, -0.25) is 0 Å². The summed E-state index contributed by atoms with van der Waals surface area (Å²) in [7, 11) is -4.62. The van der Waals surface area contributed by atoms with Crippen LogP contribution >= 0.6 is 0 Å². The molecule has 0 aliphatic heterocycles. The van der Waals surface area contributed by atoms with Crippen molar-refractivity contribution in [3.63, 3.8) is 0 Å². The fraction of sp³-hybridized carbons (Fsp3) is 0.217. The average molecular weight is 508 g/mol. The molecule has 3 aromatic rings. The molecule has 0 saturated heterocycles. The Balaban J connectivity index is 1.53. The number of benzene rings is 2. The number of anilines is 1. The maximum atomic E-state index is 14.7. The maximum absolute atomic E-state index is 14.7. The summed E-state index contributed by atoms with van der Waals surface area (Å²) in [5.74, 6) is -5.01. The van der Waals surface area contributed by atoms with Crippen LogP contribution in [0.2, 0.25) is 0 Å². The number of sulfonamides is 1. The average Bonchev–Trinajstić information content (AvgIpc) is 2.81. The molecule has 4 rings (SSSR count). The SMILES string of the molecule is NC1CCC=C(c2ccc(F)cc2)C1COc1cc(F)c(S(=O)(=O)Nc2ncc(F)cn2)cc1F. The molecule has 0 fully saturated rings. The highest BCUT2D eigenvalue weighted by molar-refractivity contribution is 7.92. The number of rotatable bonds is 7. The van der Waals surface area contributed by atoms with Gasteiger partial charge in [-0.05, 0) is 36.1 Å². The Hall–Kier alpha value is -3.51. The third-order valence-electron chi connectivity index (χ3n) is 5.50. The zero-order valence-corrected chi connectivity index (χ0v) is 18.9. The fourth-order valence-electron chi connectivity index (χ4n) is 3.75. The Labute approximate surface area is 198 Å².